The lowest BCUT2D eigenvalue weighted by atomic mass is 10.00. The van der Waals surface area contributed by atoms with Crippen molar-refractivity contribution in [1.29, 1.82) is 0 Å². The predicted molar refractivity (Wildman–Crippen MR) is 143 cm³/mol. The van der Waals surface area contributed by atoms with Crippen LogP contribution in [0.1, 0.15) is 58.4 Å². The lowest BCUT2D eigenvalue weighted by Gasteiger charge is -2.21. The summed E-state index contributed by atoms with van der Waals surface area (Å²) in [6.07, 6.45) is -0.405. The van der Waals surface area contributed by atoms with E-state index in [0.717, 1.165) is 28.8 Å². The number of ether oxygens (including phenoxy) is 1. The molecule has 0 unspecified atom stereocenters. The first-order valence-electron chi connectivity index (χ1n) is 12.8. The maximum Gasteiger partial charge on any atom is 0.417 e. The number of nitrogens with zero attached hydrogens (tertiary/aromatic N) is 6. The summed E-state index contributed by atoms with van der Waals surface area (Å²) < 4.78 is 48.6. The summed E-state index contributed by atoms with van der Waals surface area (Å²) in [6.45, 7) is 6.64. The number of alkyl halides is 3. The number of imidazole rings is 1. The van der Waals surface area contributed by atoms with Crippen molar-refractivity contribution >= 4 is 34.0 Å². The van der Waals surface area contributed by atoms with Gasteiger partial charge in [-0.3, -0.25) is 14.4 Å². The zero-order chi connectivity index (χ0) is 28.3. The molecule has 0 saturated carbocycles. The van der Waals surface area contributed by atoms with Gasteiger partial charge in [0.05, 0.1) is 47.4 Å². The van der Waals surface area contributed by atoms with Gasteiger partial charge in [-0.15, -0.1) is 0 Å². The van der Waals surface area contributed by atoms with Crippen LogP contribution in [0.2, 0.25) is 0 Å². The number of rotatable bonds is 5. The highest BCUT2D eigenvalue weighted by molar-refractivity contribution is 6.08. The van der Waals surface area contributed by atoms with Crippen molar-refractivity contribution in [1.82, 2.24) is 24.1 Å². The SMILES string of the molecule is CCn1cc(N(Cc2cn3cc(C(F)(F)F)ccc3n2)C(=O)c2ccc3nc(N)c4c(c3c2)CO[C@H]4C)c(C)n1. The fourth-order valence-corrected chi connectivity index (χ4v) is 5.21. The summed E-state index contributed by atoms with van der Waals surface area (Å²) >= 11 is 0. The first-order valence-corrected chi connectivity index (χ1v) is 12.8. The molecule has 5 heterocycles. The molecule has 1 atom stereocenters. The molecule has 9 nitrogen and oxygen atoms in total. The van der Waals surface area contributed by atoms with Crippen LogP contribution in [0, 0.1) is 6.92 Å². The van der Waals surface area contributed by atoms with Crippen LogP contribution in [0.3, 0.4) is 0 Å². The summed E-state index contributed by atoms with van der Waals surface area (Å²) in [4.78, 5) is 24.6. The summed E-state index contributed by atoms with van der Waals surface area (Å²) in [7, 11) is 0. The summed E-state index contributed by atoms with van der Waals surface area (Å²) in [5, 5.41) is 5.28. The Kier molecular flexibility index (Phi) is 6.02. The third kappa shape index (κ3) is 4.34. The van der Waals surface area contributed by atoms with E-state index in [2.05, 4.69) is 15.1 Å². The maximum atomic E-state index is 14.1. The van der Waals surface area contributed by atoms with Crippen LogP contribution in [0.4, 0.5) is 24.7 Å². The summed E-state index contributed by atoms with van der Waals surface area (Å²) in [6, 6.07) is 7.53. The number of hydrogen-bond donors (Lipinski definition) is 1. The Morgan fingerprint density at radius 2 is 1.98 bits per heavy atom. The van der Waals surface area contributed by atoms with Crippen molar-refractivity contribution in [2.45, 2.75) is 52.7 Å². The minimum absolute atomic E-state index is 0.0222. The Morgan fingerprint density at radius 3 is 2.70 bits per heavy atom. The molecule has 1 aromatic carbocycles. The highest BCUT2D eigenvalue weighted by Crippen LogP contribution is 2.38. The molecule has 0 aliphatic carbocycles. The molecule has 2 N–H and O–H groups in total. The van der Waals surface area contributed by atoms with Crippen molar-refractivity contribution in [3.05, 3.63) is 82.6 Å². The molecule has 1 aliphatic rings. The highest BCUT2D eigenvalue weighted by atomic mass is 19.4. The Hall–Kier alpha value is -4.45. The molecule has 4 aromatic heterocycles. The summed E-state index contributed by atoms with van der Waals surface area (Å²) in [5.74, 6) is 0.0996. The number of pyridine rings is 2. The van der Waals surface area contributed by atoms with Crippen LogP contribution in [0.15, 0.2) is 48.9 Å². The minimum Gasteiger partial charge on any atom is -0.383 e. The lowest BCUT2D eigenvalue weighted by Crippen LogP contribution is -2.31. The molecule has 0 radical (unpaired) electrons. The molecular weight excluding hydrogens is 523 g/mol. The number of amides is 1. The number of carbonyl (C=O) groups is 1. The maximum absolute atomic E-state index is 14.1. The Morgan fingerprint density at radius 1 is 1.18 bits per heavy atom. The number of aryl methyl sites for hydroxylation is 2. The normalized spacial score (nSPS) is 15.2. The predicted octanol–water partition coefficient (Wildman–Crippen LogP) is 5.45. The fourth-order valence-electron chi connectivity index (χ4n) is 5.21. The van der Waals surface area contributed by atoms with E-state index in [1.165, 1.54) is 16.7 Å². The smallest absolute Gasteiger partial charge is 0.383 e. The van der Waals surface area contributed by atoms with E-state index in [-0.39, 0.29) is 18.6 Å². The second-order valence-electron chi connectivity index (χ2n) is 9.83. The fraction of sp³-hybridized carbons (Fsp3) is 0.286. The lowest BCUT2D eigenvalue weighted by molar-refractivity contribution is -0.137. The van der Waals surface area contributed by atoms with Gasteiger partial charge < -0.3 is 14.9 Å². The Balaban J connectivity index is 1.43. The number of nitrogen functional groups attached to an aromatic ring is 1. The molecule has 1 amide bonds. The number of hydrogen-bond acceptors (Lipinski definition) is 6. The third-order valence-electron chi connectivity index (χ3n) is 7.22. The van der Waals surface area contributed by atoms with Gasteiger partial charge in [0, 0.05) is 41.6 Å². The van der Waals surface area contributed by atoms with Crippen LogP contribution in [-0.2, 0) is 30.6 Å². The summed E-state index contributed by atoms with van der Waals surface area (Å²) in [5.41, 5.74) is 10.2. The van der Waals surface area contributed by atoms with Gasteiger partial charge in [0.1, 0.15) is 11.5 Å². The van der Waals surface area contributed by atoms with E-state index in [1.807, 2.05) is 13.8 Å². The van der Waals surface area contributed by atoms with Crippen molar-refractivity contribution < 1.29 is 22.7 Å². The number of anilines is 2. The first-order chi connectivity index (χ1) is 19.0. The standard InChI is InChI=1S/C28H26F3N7O2/c1-4-37-13-23(15(2)35-37)38(12-19-11-36-10-18(28(29,30)31)6-8-24(36)33-19)27(39)17-5-7-22-20(9-17)21-14-40-16(3)25(21)26(32)34-22/h5-11,13,16H,4,12,14H2,1-3H3,(H2,32,34)/t16-/m0/s1. The van der Waals surface area contributed by atoms with Crippen LogP contribution < -0.4 is 10.6 Å². The van der Waals surface area contributed by atoms with Crippen molar-refractivity contribution in [3.8, 4) is 0 Å². The molecule has 40 heavy (non-hydrogen) atoms. The van der Waals surface area contributed by atoms with Crippen LogP contribution in [0.25, 0.3) is 16.6 Å². The highest BCUT2D eigenvalue weighted by Gasteiger charge is 2.31. The van der Waals surface area contributed by atoms with Gasteiger partial charge in [0.25, 0.3) is 5.91 Å². The average Bonchev–Trinajstić information content (AvgIpc) is 3.62. The van der Waals surface area contributed by atoms with Crippen molar-refractivity contribution in [2.75, 3.05) is 10.6 Å². The monoisotopic (exact) mass is 549 g/mol. The van der Waals surface area contributed by atoms with Gasteiger partial charge >= 0.3 is 6.18 Å². The largest absolute Gasteiger partial charge is 0.417 e. The first kappa shape index (κ1) is 25.8. The van der Waals surface area contributed by atoms with Gasteiger partial charge in [-0.2, -0.15) is 18.3 Å². The van der Waals surface area contributed by atoms with E-state index < -0.39 is 11.7 Å². The van der Waals surface area contributed by atoms with E-state index in [9.17, 15) is 18.0 Å². The molecule has 206 valence electrons. The van der Waals surface area contributed by atoms with Gasteiger partial charge in [-0.25, -0.2) is 9.97 Å². The zero-order valence-corrected chi connectivity index (χ0v) is 22.0. The number of benzene rings is 1. The molecule has 5 aromatic rings. The second kappa shape index (κ2) is 9.33. The van der Waals surface area contributed by atoms with Crippen molar-refractivity contribution in [3.63, 3.8) is 0 Å². The van der Waals surface area contributed by atoms with E-state index in [0.29, 0.717) is 52.8 Å². The van der Waals surface area contributed by atoms with E-state index in [1.54, 1.807) is 40.9 Å². The Bertz CT molecular complexity index is 1790. The number of fused-ring (bicyclic) bond motifs is 4. The molecule has 6 rings (SSSR count). The quantitative estimate of drug-likeness (QED) is 0.313. The molecule has 12 heteroatoms. The number of nitrogens with two attached hydrogens (primary N) is 1. The van der Waals surface area contributed by atoms with Crippen LogP contribution in [-0.4, -0.2) is 30.1 Å². The number of halogens is 3. The molecule has 0 spiro atoms. The van der Waals surface area contributed by atoms with Crippen molar-refractivity contribution in [2.24, 2.45) is 0 Å². The average molecular weight is 550 g/mol. The molecule has 0 bridgehead atoms. The number of carbonyl (C=O) groups excluding carboxylic acids is 1. The molecular formula is C28H26F3N7O2. The van der Waals surface area contributed by atoms with Crippen LogP contribution >= 0.6 is 0 Å². The number of aromatic nitrogens is 5. The minimum atomic E-state index is -4.48. The Labute approximate surface area is 227 Å². The second-order valence-corrected chi connectivity index (χ2v) is 9.83. The van der Waals surface area contributed by atoms with Crippen LogP contribution in [0.5, 0.6) is 0 Å². The third-order valence-corrected chi connectivity index (χ3v) is 7.22. The zero-order valence-electron chi connectivity index (χ0n) is 22.0. The topological polar surface area (TPSA) is 104 Å². The van der Waals surface area contributed by atoms with Gasteiger partial charge in [0.15, 0.2) is 0 Å². The molecule has 1 aliphatic heterocycles. The van der Waals surface area contributed by atoms with E-state index >= 15 is 0 Å². The van der Waals surface area contributed by atoms with Gasteiger partial charge in [-0.05, 0) is 56.7 Å². The van der Waals surface area contributed by atoms with Gasteiger partial charge in [-0.1, -0.05) is 0 Å². The van der Waals surface area contributed by atoms with Gasteiger partial charge in [0.2, 0.25) is 0 Å². The molecule has 0 saturated heterocycles. The van der Waals surface area contributed by atoms with E-state index in [4.69, 9.17) is 10.5 Å². The molecule has 0 fully saturated rings.